The summed E-state index contributed by atoms with van der Waals surface area (Å²) in [6.45, 7) is 5.56. The van der Waals surface area contributed by atoms with E-state index in [4.69, 9.17) is 4.42 Å². The molecule has 2 fully saturated rings. The lowest BCUT2D eigenvalue weighted by atomic mass is 10.0. The van der Waals surface area contributed by atoms with E-state index >= 15 is 0 Å². The van der Waals surface area contributed by atoms with E-state index in [1.807, 2.05) is 17.0 Å². The average Bonchev–Trinajstić information content (AvgIpc) is 3.09. The molecule has 2 amide bonds. The van der Waals surface area contributed by atoms with E-state index in [0.717, 1.165) is 25.4 Å². The van der Waals surface area contributed by atoms with E-state index in [2.05, 4.69) is 18.9 Å². The number of nitrogens with zero attached hydrogens (tertiary/aromatic N) is 3. The van der Waals surface area contributed by atoms with Crippen molar-refractivity contribution in [2.24, 2.45) is 5.92 Å². The highest BCUT2D eigenvalue weighted by atomic mass is 16.3. The van der Waals surface area contributed by atoms with Gasteiger partial charge in [-0.3, -0.25) is 9.59 Å². The van der Waals surface area contributed by atoms with Crippen molar-refractivity contribution in [3.8, 4) is 0 Å². The summed E-state index contributed by atoms with van der Waals surface area (Å²) in [5, 5.41) is 0. The maximum absolute atomic E-state index is 12.7. The summed E-state index contributed by atoms with van der Waals surface area (Å²) in [6.07, 6.45) is 1.92. The first kappa shape index (κ1) is 15.1. The molecular formula is C16H23N3O3. The molecule has 0 N–H and O–H groups in total. The number of hydrogen-bond donors (Lipinski definition) is 0. The van der Waals surface area contributed by atoms with Crippen LogP contribution >= 0.6 is 0 Å². The Morgan fingerprint density at radius 3 is 2.86 bits per heavy atom. The van der Waals surface area contributed by atoms with Gasteiger partial charge < -0.3 is 19.1 Å². The molecule has 2 atom stereocenters. The van der Waals surface area contributed by atoms with Crippen LogP contribution in [0.25, 0.3) is 0 Å². The molecule has 0 spiro atoms. The topological polar surface area (TPSA) is 57.0 Å². The Hall–Kier alpha value is -1.82. The molecule has 0 saturated carbocycles. The van der Waals surface area contributed by atoms with Gasteiger partial charge in [-0.1, -0.05) is 0 Å². The van der Waals surface area contributed by atoms with Gasteiger partial charge in [-0.25, -0.2) is 0 Å². The Kier molecular flexibility index (Phi) is 4.20. The molecule has 22 heavy (non-hydrogen) atoms. The van der Waals surface area contributed by atoms with Gasteiger partial charge in [-0.15, -0.1) is 0 Å². The number of hydrogen-bond acceptors (Lipinski definition) is 4. The lowest BCUT2D eigenvalue weighted by molar-refractivity contribution is -0.139. The molecule has 2 saturated heterocycles. The van der Waals surface area contributed by atoms with Crippen LogP contribution in [0.4, 0.5) is 0 Å². The second-order valence-corrected chi connectivity index (χ2v) is 6.40. The van der Waals surface area contributed by atoms with Crippen LogP contribution in [-0.4, -0.2) is 65.8 Å². The van der Waals surface area contributed by atoms with E-state index in [9.17, 15) is 9.59 Å². The van der Waals surface area contributed by atoms with Crippen molar-refractivity contribution in [1.82, 2.24) is 14.7 Å². The van der Waals surface area contributed by atoms with Crippen LogP contribution in [-0.2, 0) is 16.1 Å². The predicted molar refractivity (Wildman–Crippen MR) is 80.9 cm³/mol. The second-order valence-electron chi connectivity index (χ2n) is 6.40. The summed E-state index contributed by atoms with van der Waals surface area (Å²) in [7, 11) is 2.07. The molecule has 0 aromatic carbocycles. The predicted octanol–water partition coefficient (Wildman–Crippen LogP) is 0.791. The third kappa shape index (κ3) is 3.02. The van der Waals surface area contributed by atoms with Crippen LogP contribution in [0, 0.1) is 5.92 Å². The lowest BCUT2D eigenvalue weighted by Gasteiger charge is -2.39. The van der Waals surface area contributed by atoms with Crippen LogP contribution in [0.3, 0.4) is 0 Å². The van der Waals surface area contributed by atoms with Gasteiger partial charge in [-0.2, -0.15) is 0 Å². The minimum atomic E-state index is -0.215. The Labute approximate surface area is 130 Å². The fraction of sp³-hybridized carbons (Fsp3) is 0.625. The first-order valence-electron chi connectivity index (χ1n) is 7.84. The Morgan fingerprint density at radius 2 is 2.18 bits per heavy atom. The normalized spacial score (nSPS) is 26.7. The van der Waals surface area contributed by atoms with Gasteiger partial charge in [0.2, 0.25) is 11.8 Å². The molecule has 1 aromatic heterocycles. The molecule has 0 aliphatic carbocycles. The zero-order valence-corrected chi connectivity index (χ0v) is 13.2. The van der Waals surface area contributed by atoms with Crippen LogP contribution in [0.15, 0.2) is 22.8 Å². The van der Waals surface area contributed by atoms with Crippen LogP contribution in [0.2, 0.25) is 0 Å². The van der Waals surface area contributed by atoms with Crippen molar-refractivity contribution in [3.05, 3.63) is 24.2 Å². The quantitative estimate of drug-likeness (QED) is 0.828. The number of furan rings is 1. The van der Waals surface area contributed by atoms with E-state index in [-0.39, 0.29) is 23.8 Å². The molecule has 0 bridgehead atoms. The Bertz CT molecular complexity index is 543. The fourth-order valence-corrected chi connectivity index (χ4v) is 3.38. The van der Waals surface area contributed by atoms with Crippen molar-refractivity contribution >= 4 is 11.8 Å². The third-order valence-corrected chi connectivity index (χ3v) is 4.60. The van der Waals surface area contributed by atoms with Crippen LogP contribution in [0.1, 0.15) is 19.1 Å². The first-order chi connectivity index (χ1) is 10.5. The summed E-state index contributed by atoms with van der Waals surface area (Å²) < 4.78 is 5.29. The van der Waals surface area contributed by atoms with E-state index in [1.54, 1.807) is 11.2 Å². The minimum Gasteiger partial charge on any atom is -0.467 e. The Morgan fingerprint density at radius 1 is 1.36 bits per heavy atom. The number of piperazine rings is 1. The highest BCUT2D eigenvalue weighted by molar-refractivity contribution is 5.89. The highest BCUT2D eigenvalue weighted by Gasteiger charge is 2.38. The third-order valence-electron chi connectivity index (χ3n) is 4.60. The molecular weight excluding hydrogens is 282 g/mol. The number of likely N-dealkylation sites (tertiary alicyclic amines) is 1. The largest absolute Gasteiger partial charge is 0.467 e. The van der Waals surface area contributed by atoms with Crippen LogP contribution < -0.4 is 0 Å². The SMILES string of the molecule is C[C@H]1CN(C)CCN1C(=O)[C@@H]1CC(=O)N(Cc2ccco2)C1. The van der Waals surface area contributed by atoms with Gasteiger partial charge in [0, 0.05) is 38.6 Å². The summed E-state index contributed by atoms with van der Waals surface area (Å²) in [6, 6.07) is 3.87. The molecule has 0 radical (unpaired) electrons. The molecule has 1 aromatic rings. The molecule has 0 unspecified atom stereocenters. The zero-order valence-electron chi connectivity index (χ0n) is 13.2. The first-order valence-corrected chi connectivity index (χ1v) is 7.84. The Balaban J connectivity index is 1.61. The van der Waals surface area contributed by atoms with Gasteiger partial charge in [0.1, 0.15) is 5.76 Å². The van der Waals surface area contributed by atoms with E-state index in [1.165, 1.54) is 0 Å². The molecule has 6 nitrogen and oxygen atoms in total. The number of rotatable bonds is 3. The van der Waals surface area contributed by atoms with E-state index in [0.29, 0.717) is 19.5 Å². The standard InChI is InChI=1S/C16H23N3O3/c1-12-9-17(2)5-6-19(12)16(21)13-8-15(20)18(10-13)11-14-4-3-7-22-14/h3-4,7,12-13H,5-6,8-11H2,1-2H3/t12-,13+/m0/s1. The van der Waals surface area contributed by atoms with Crippen molar-refractivity contribution in [3.63, 3.8) is 0 Å². The molecule has 2 aliphatic heterocycles. The lowest BCUT2D eigenvalue weighted by Crippen LogP contribution is -2.54. The molecule has 6 heteroatoms. The van der Waals surface area contributed by atoms with Crippen molar-refractivity contribution in [2.75, 3.05) is 33.2 Å². The molecule has 3 heterocycles. The second kappa shape index (κ2) is 6.12. The van der Waals surface area contributed by atoms with Gasteiger partial charge >= 0.3 is 0 Å². The monoisotopic (exact) mass is 305 g/mol. The number of amides is 2. The van der Waals surface area contributed by atoms with Crippen LogP contribution in [0.5, 0.6) is 0 Å². The summed E-state index contributed by atoms with van der Waals surface area (Å²) in [5.74, 6) is 0.704. The number of likely N-dealkylation sites (N-methyl/N-ethyl adjacent to an activating group) is 1. The van der Waals surface area contributed by atoms with Crippen molar-refractivity contribution in [1.29, 1.82) is 0 Å². The van der Waals surface area contributed by atoms with Gasteiger partial charge in [0.15, 0.2) is 0 Å². The van der Waals surface area contributed by atoms with Crippen molar-refractivity contribution in [2.45, 2.75) is 25.9 Å². The molecule has 3 rings (SSSR count). The van der Waals surface area contributed by atoms with Gasteiger partial charge in [-0.05, 0) is 26.1 Å². The maximum atomic E-state index is 12.7. The smallest absolute Gasteiger partial charge is 0.228 e. The van der Waals surface area contributed by atoms with Gasteiger partial charge in [0.05, 0.1) is 18.7 Å². The van der Waals surface area contributed by atoms with E-state index < -0.39 is 0 Å². The van der Waals surface area contributed by atoms with Gasteiger partial charge in [0.25, 0.3) is 0 Å². The molecule has 120 valence electrons. The van der Waals surface area contributed by atoms with Crippen molar-refractivity contribution < 1.29 is 14.0 Å². The molecule has 2 aliphatic rings. The number of carbonyl (C=O) groups excluding carboxylic acids is 2. The summed E-state index contributed by atoms with van der Waals surface area (Å²) in [4.78, 5) is 30.7. The number of carbonyl (C=O) groups is 2. The fourth-order valence-electron chi connectivity index (χ4n) is 3.38. The highest BCUT2D eigenvalue weighted by Crippen LogP contribution is 2.24. The summed E-state index contributed by atoms with van der Waals surface area (Å²) in [5.41, 5.74) is 0. The average molecular weight is 305 g/mol. The minimum absolute atomic E-state index is 0.0385. The maximum Gasteiger partial charge on any atom is 0.228 e. The summed E-state index contributed by atoms with van der Waals surface area (Å²) >= 11 is 0. The zero-order chi connectivity index (χ0) is 15.7.